The van der Waals surface area contributed by atoms with Crippen LogP contribution in [-0.2, 0) is 42.6 Å². The summed E-state index contributed by atoms with van der Waals surface area (Å²) in [4.78, 5) is 0. The maximum atomic E-state index is 2.80. The molecule has 0 amide bonds. The van der Waals surface area contributed by atoms with E-state index in [0.717, 1.165) is 0 Å². The van der Waals surface area contributed by atoms with Crippen molar-refractivity contribution in [3.63, 3.8) is 0 Å². The summed E-state index contributed by atoms with van der Waals surface area (Å²) in [6.45, 7) is 38.5. The third kappa shape index (κ3) is 12.2. The van der Waals surface area contributed by atoms with Gasteiger partial charge in [0.2, 0.25) is 0 Å². The summed E-state index contributed by atoms with van der Waals surface area (Å²) in [5, 5.41) is 0. The molecule has 2 aliphatic rings. The maximum absolute atomic E-state index is 2.80. The van der Waals surface area contributed by atoms with Crippen molar-refractivity contribution < 1.29 is 20.9 Å². The van der Waals surface area contributed by atoms with Crippen molar-refractivity contribution in [3.8, 4) is 44.5 Å². The molecule has 0 fully saturated rings. The number of unbranched alkanes of at least 4 members (excludes halogenated alkanes) is 6. The quantitative estimate of drug-likeness (QED) is 0.0631. The molecule has 0 N–H and O–H groups in total. The number of fused-ring (bicyclic) bond motifs is 2. The van der Waals surface area contributed by atoms with Crippen molar-refractivity contribution in [2.75, 3.05) is 0 Å². The normalized spacial score (nSPS) is 15.9. The van der Waals surface area contributed by atoms with Crippen molar-refractivity contribution in [1.29, 1.82) is 0 Å². The van der Waals surface area contributed by atoms with E-state index in [9.17, 15) is 0 Å². The van der Waals surface area contributed by atoms with Crippen LogP contribution in [0.5, 0.6) is 0 Å². The molecular weight excluding hydrogens is 984 g/mol. The zero-order valence-electron chi connectivity index (χ0n) is 49.0. The third-order valence-electron chi connectivity index (χ3n) is 16.8. The number of benzene rings is 6. The van der Waals surface area contributed by atoms with Gasteiger partial charge in [-0.3, -0.25) is 0 Å². The number of allylic oxidation sites excluding steroid dienone is 2. The summed E-state index contributed by atoms with van der Waals surface area (Å²) < 4.78 is 1.01. The number of rotatable bonds is 17. The van der Waals surface area contributed by atoms with Gasteiger partial charge in [-0.1, -0.05) is 0 Å². The topological polar surface area (TPSA) is 0 Å². The molecule has 6 aromatic carbocycles. The Morgan fingerprint density at radius 2 is 0.622 bits per heavy atom. The minimum atomic E-state index is -2.72. The van der Waals surface area contributed by atoms with Crippen LogP contribution in [0.2, 0.25) is 13.1 Å². The van der Waals surface area contributed by atoms with Crippen LogP contribution in [0.15, 0.2) is 132 Å². The SMILES string of the molecule is CCCCCCC1=Cc2c(-c3ccc(C(C)(C)C)cc3)ccc(-c3ccc(C(C)(C)C)cc3)c2[CH]1[Zr]([CH]1C(CCCCCC)=Cc2c(-c3ccc(C(C)(C)C)cc3)ccc(-c3ccc(C(C)(C)C)cc3)c21)[SiH](C)C. The van der Waals surface area contributed by atoms with E-state index in [1.807, 2.05) is 0 Å². The Morgan fingerprint density at radius 3 is 0.878 bits per heavy atom. The molecule has 2 unspecified atom stereocenters. The average Bonchev–Trinajstić information content (AvgIpc) is 3.92. The van der Waals surface area contributed by atoms with Crippen LogP contribution >= 0.6 is 0 Å². The van der Waals surface area contributed by atoms with Crippen molar-refractivity contribution >= 4 is 18.1 Å². The van der Waals surface area contributed by atoms with E-state index in [2.05, 4.69) is 244 Å². The van der Waals surface area contributed by atoms with E-state index in [0.29, 0.717) is 7.25 Å². The standard InChI is InChI=1S/2C35H43.C2H7Si.Zr/c2*1-8-9-10-11-12-25-23-32-30(26-13-17-28(18-14-26)34(2,3)4)21-22-31(33(32)24-25)27-15-19-29(20-16-27)35(5,6)7;1-3-2;/h2*13-24H,8-12H2,1-7H3;3H,1-2H3;. The predicted molar refractivity (Wildman–Crippen MR) is 327 cm³/mol. The van der Waals surface area contributed by atoms with Crippen LogP contribution in [0.25, 0.3) is 56.7 Å². The molecule has 74 heavy (non-hydrogen) atoms. The van der Waals surface area contributed by atoms with Crippen LogP contribution in [0.1, 0.15) is 213 Å². The first-order valence-corrected chi connectivity index (χ1v) is 39.0. The molecule has 0 radical (unpaired) electrons. The second-order valence-corrected chi connectivity index (χ2v) is 46.9. The number of hydrogen-bond acceptors (Lipinski definition) is 0. The van der Waals surface area contributed by atoms with E-state index < -0.39 is 26.8 Å². The zero-order chi connectivity index (χ0) is 53.3. The van der Waals surface area contributed by atoms with Gasteiger partial charge >= 0.3 is 464 Å². The molecule has 0 spiro atoms. The van der Waals surface area contributed by atoms with E-state index >= 15 is 0 Å². The number of hydrogen-bond donors (Lipinski definition) is 0. The predicted octanol–water partition coefficient (Wildman–Crippen LogP) is 21.7. The summed E-state index contributed by atoms with van der Waals surface area (Å²) in [5.74, 6) is -1.29. The fourth-order valence-corrected chi connectivity index (χ4v) is 35.1. The van der Waals surface area contributed by atoms with E-state index in [4.69, 9.17) is 0 Å². The molecule has 0 saturated heterocycles. The Hall–Kier alpha value is -4.10. The second-order valence-electron chi connectivity index (χ2n) is 26.9. The van der Waals surface area contributed by atoms with Gasteiger partial charge in [0.05, 0.1) is 0 Å². The summed E-state index contributed by atoms with van der Waals surface area (Å²) in [6.07, 6.45) is 18.3. The van der Waals surface area contributed by atoms with E-state index in [-0.39, 0.29) is 21.7 Å². The van der Waals surface area contributed by atoms with Gasteiger partial charge in [-0.25, -0.2) is 0 Å². The molecule has 2 heteroatoms. The van der Waals surface area contributed by atoms with Gasteiger partial charge in [0.1, 0.15) is 0 Å². The molecule has 2 aliphatic carbocycles. The Balaban J connectivity index is 1.42. The van der Waals surface area contributed by atoms with Gasteiger partial charge in [-0.2, -0.15) is 0 Å². The van der Waals surface area contributed by atoms with E-state index in [1.54, 1.807) is 22.3 Å². The zero-order valence-corrected chi connectivity index (χ0v) is 52.6. The summed E-state index contributed by atoms with van der Waals surface area (Å²) >= 11 is -2.72. The van der Waals surface area contributed by atoms with Gasteiger partial charge in [-0.05, 0) is 0 Å². The van der Waals surface area contributed by atoms with E-state index in [1.165, 1.54) is 142 Å². The molecule has 8 rings (SSSR count). The summed E-state index contributed by atoms with van der Waals surface area (Å²) in [5.41, 5.74) is 27.2. The van der Waals surface area contributed by atoms with Crippen molar-refractivity contribution in [1.82, 2.24) is 0 Å². The van der Waals surface area contributed by atoms with Gasteiger partial charge < -0.3 is 0 Å². The first-order chi connectivity index (χ1) is 35.0. The molecule has 389 valence electrons. The molecule has 0 heterocycles. The minimum absolute atomic E-state index is 0.0947. The molecule has 0 aromatic heterocycles. The van der Waals surface area contributed by atoms with Gasteiger partial charge in [0.15, 0.2) is 0 Å². The summed E-state index contributed by atoms with van der Waals surface area (Å²) in [7, 11) is 0. The Bertz CT molecular complexity index is 2730. The first-order valence-electron chi connectivity index (χ1n) is 29.1. The monoisotopic (exact) mass is 1080 g/mol. The van der Waals surface area contributed by atoms with Crippen LogP contribution in [0, 0.1) is 0 Å². The van der Waals surface area contributed by atoms with Crippen LogP contribution in [0.4, 0.5) is 0 Å². The average molecular weight is 1080 g/mol. The fraction of sp³-hybridized carbons (Fsp3) is 0.444. The Morgan fingerprint density at radius 1 is 0.351 bits per heavy atom. The molecule has 0 aliphatic heterocycles. The molecule has 0 bridgehead atoms. The molecular formula is C72H93SiZr. The first kappa shape index (κ1) is 56.1. The van der Waals surface area contributed by atoms with Crippen LogP contribution < -0.4 is 0 Å². The third-order valence-corrected chi connectivity index (χ3v) is 38.4. The molecule has 0 nitrogen and oxygen atoms in total. The van der Waals surface area contributed by atoms with Crippen molar-refractivity contribution in [2.24, 2.45) is 0 Å². The van der Waals surface area contributed by atoms with Crippen LogP contribution in [0.3, 0.4) is 0 Å². The van der Waals surface area contributed by atoms with Crippen molar-refractivity contribution in [2.45, 2.75) is 203 Å². The Kier molecular flexibility index (Phi) is 17.3. The van der Waals surface area contributed by atoms with Crippen molar-refractivity contribution in [3.05, 3.63) is 177 Å². The Labute approximate surface area is 460 Å². The molecule has 2 atom stereocenters. The fourth-order valence-electron chi connectivity index (χ4n) is 12.3. The van der Waals surface area contributed by atoms with Gasteiger partial charge in [0, 0.05) is 0 Å². The van der Waals surface area contributed by atoms with Gasteiger partial charge in [0.25, 0.3) is 0 Å². The van der Waals surface area contributed by atoms with Gasteiger partial charge in [-0.15, -0.1) is 0 Å². The summed E-state index contributed by atoms with van der Waals surface area (Å²) in [6, 6.07) is 49.1. The molecule has 0 saturated carbocycles. The van der Waals surface area contributed by atoms with Crippen LogP contribution in [-0.4, -0.2) is 5.92 Å². The molecule has 6 aromatic rings. The second kappa shape index (κ2) is 22.9.